The summed E-state index contributed by atoms with van der Waals surface area (Å²) in [4.78, 5) is 26.6. The lowest BCUT2D eigenvalue weighted by molar-refractivity contribution is -0.115. The lowest BCUT2D eigenvalue weighted by Crippen LogP contribution is -2.36. The van der Waals surface area contributed by atoms with E-state index in [0.29, 0.717) is 24.3 Å². The molecule has 1 heterocycles. The number of hydrogen-bond donors (Lipinski definition) is 2. The van der Waals surface area contributed by atoms with Crippen LogP contribution in [0.15, 0.2) is 48.5 Å². The molecule has 0 aromatic heterocycles. The van der Waals surface area contributed by atoms with Crippen molar-refractivity contribution >= 4 is 23.2 Å². The molecule has 5 heteroatoms. The third-order valence-electron chi connectivity index (χ3n) is 4.79. The first-order valence-electron chi connectivity index (χ1n) is 9.68. The van der Waals surface area contributed by atoms with Gasteiger partial charge >= 0.3 is 0 Å². The lowest BCUT2D eigenvalue weighted by Gasteiger charge is -2.30. The highest BCUT2D eigenvalue weighted by molar-refractivity contribution is 5.96. The van der Waals surface area contributed by atoms with Gasteiger partial charge in [0.05, 0.1) is 6.54 Å². The Balaban J connectivity index is 1.55. The van der Waals surface area contributed by atoms with Gasteiger partial charge in [-0.1, -0.05) is 31.5 Å². The van der Waals surface area contributed by atoms with Crippen molar-refractivity contribution in [2.24, 2.45) is 0 Å². The van der Waals surface area contributed by atoms with Gasteiger partial charge in [-0.05, 0) is 55.2 Å². The number of carbonyl (C=O) groups is 2. The van der Waals surface area contributed by atoms with E-state index < -0.39 is 0 Å². The van der Waals surface area contributed by atoms with Crippen LogP contribution in [0.2, 0.25) is 0 Å². The Morgan fingerprint density at radius 1 is 1.07 bits per heavy atom. The second kappa shape index (κ2) is 9.21. The monoisotopic (exact) mass is 365 g/mol. The minimum absolute atomic E-state index is 0.0492. The standard InChI is InChI=1S/C22H27N3O2/c1-2-3-14-23-22(27)18-10-12-19(13-11-18)24-21(26)16-25-15-6-8-17-7-4-5-9-20(17)25/h4-5,7,9-13H,2-3,6,8,14-16H2,1H3,(H,23,27)(H,24,26). The van der Waals surface area contributed by atoms with Crippen molar-refractivity contribution in [3.05, 3.63) is 59.7 Å². The summed E-state index contributed by atoms with van der Waals surface area (Å²) >= 11 is 0. The molecule has 2 aromatic rings. The largest absolute Gasteiger partial charge is 0.362 e. The summed E-state index contributed by atoms with van der Waals surface area (Å²) in [5.41, 5.74) is 3.76. The summed E-state index contributed by atoms with van der Waals surface area (Å²) < 4.78 is 0. The second-order valence-electron chi connectivity index (χ2n) is 6.89. The maximum Gasteiger partial charge on any atom is 0.251 e. The fourth-order valence-corrected chi connectivity index (χ4v) is 3.34. The van der Waals surface area contributed by atoms with Crippen molar-refractivity contribution in [2.75, 3.05) is 29.9 Å². The molecular weight excluding hydrogens is 338 g/mol. The van der Waals surface area contributed by atoms with Crippen LogP contribution in [0.4, 0.5) is 11.4 Å². The highest BCUT2D eigenvalue weighted by Crippen LogP contribution is 2.26. The van der Waals surface area contributed by atoms with Crippen molar-refractivity contribution in [3.63, 3.8) is 0 Å². The Morgan fingerprint density at radius 2 is 1.85 bits per heavy atom. The summed E-state index contributed by atoms with van der Waals surface area (Å²) in [7, 11) is 0. The number of rotatable bonds is 7. The van der Waals surface area contributed by atoms with Gasteiger partial charge in [0, 0.05) is 30.0 Å². The van der Waals surface area contributed by atoms with E-state index in [4.69, 9.17) is 0 Å². The van der Waals surface area contributed by atoms with E-state index in [-0.39, 0.29) is 11.8 Å². The number of unbranched alkanes of at least 4 members (excludes halogenated alkanes) is 1. The van der Waals surface area contributed by atoms with Crippen LogP contribution in [0.25, 0.3) is 0 Å². The van der Waals surface area contributed by atoms with Gasteiger partial charge in [0.25, 0.3) is 5.91 Å². The van der Waals surface area contributed by atoms with Crippen LogP contribution in [0.3, 0.4) is 0 Å². The maximum absolute atomic E-state index is 12.5. The third kappa shape index (κ3) is 5.09. The van der Waals surface area contributed by atoms with E-state index in [1.807, 2.05) is 12.1 Å². The SMILES string of the molecule is CCCCNC(=O)c1ccc(NC(=O)CN2CCCc3ccccc32)cc1. The van der Waals surface area contributed by atoms with Gasteiger partial charge in [-0.2, -0.15) is 0 Å². The maximum atomic E-state index is 12.5. The molecule has 0 radical (unpaired) electrons. The van der Waals surface area contributed by atoms with E-state index in [1.165, 1.54) is 5.56 Å². The van der Waals surface area contributed by atoms with Crippen LogP contribution in [-0.2, 0) is 11.2 Å². The number of hydrogen-bond acceptors (Lipinski definition) is 3. The summed E-state index contributed by atoms with van der Waals surface area (Å²) in [6.07, 6.45) is 4.15. The topological polar surface area (TPSA) is 61.4 Å². The average Bonchev–Trinajstić information content (AvgIpc) is 2.69. The Kier molecular flexibility index (Phi) is 6.47. The Bertz CT molecular complexity index is 786. The van der Waals surface area contributed by atoms with E-state index in [1.54, 1.807) is 24.3 Å². The van der Waals surface area contributed by atoms with Gasteiger partial charge in [0.2, 0.25) is 5.91 Å². The summed E-state index contributed by atoms with van der Waals surface area (Å²) in [6.45, 7) is 3.99. The number of carbonyl (C=O) groups excluding carboxylic acids is 2. The zero-order valence-corrected chi connectivity index (χ0v) is 15.8. The molecule has 0 atom stereocenters. The van der Waals surface area contributed by atoms with Crippen LogP contribution in [0, 0.1) is 0 Å². The molecule has 2 N–H and O–H groups in total. The minimum atomic E-state index is -0.0775. The first-order valence-corrected chi connectivity index (χ1v) is 9.68. The zero-order chi connectivity index (χ0) is 19.1. The number of fused-ring (bicyclic) bond motifs is 1. The second-order valence-corrected chi connectivity index (χ2v) is 6.89. The molecule has 0 saturated heterocycles. The van der Waals surface area contributed by atoms with E-state index >= 15 is 0 Å². The fourth-order valence-electron chi connectivity index (χ4n) is 3.34. The van der Waals surface area contributed by atoms with Crippen LogP contribution in [0.1, 0.15) is 42.1 Å². The van der Waals surface area contributed by atoms with E-state index in [0.717, 1.165) is 37.9 Å². The van der Waals surface area contributed by atoms with Gasteiger partial charge in [0.15, 0.2) is 0 Å². The quantitative estimate of drug-likeness (QED) is 0.737. The molecule has 1 aliphatic heterocycles. The summed E-state index contributed by atoms with van der Waals surface area (Å²) in [6, 6.07) is 15.3. The highest BCUT2D eigenvalue weighted by atomic mass is 16.2. The fraction of sp³-hybridized carbons (Fsp3) is 0.364. The van der Waals surface area contributed by atoms with Crippen molar-refractivity contribution in [3.8, 4) is 0 Å². The first kappa shape index (κ1) is 19.0. The summed E-state index contributed by atoms with van der Waals surface area (Å²) in [5, 5.41) is 5.82. The van der Waals surface area contributed by atoms with E-state index in [2.05, 4.69) is 34.6 Å². The number of anilines is 2. The molecule has 27 heavy (non-hydrogen) atoms. The molecule has 2 amide bonds. The van der Waals surface area contributed by atoms with E-state index in [9.17, 15) is 9.59 Å². The first-order chi connectivity index (χ1) is 13.2. The normalized spacial score (nSPS) is 13.0. The highest BCUT2D eigenvalue weighted by Gasteiger charge is 2.18. The smallest absolute Gasteiger partial charge is 0.251 e. The number of aryl methyl sites for hydroxylation is 1. The van der Waals surface area contributed by atoms with Crippen molar-refractivity contribution < 1.29 is 9.59 Å². The molecule has 5 nitrogen and oxygen atoms in total. The molecule has 0 fully saturated rings. The Labute approximate surface area is 160 Å². The third-order valence-corrected chi connectivity index (χ3v) is 4.79. The number of nitrogens with one attached hydrogen (secondary N) is 2. The molecule has 2 aromatic carbocycles. The van der Waals surface area contributed by atoms with Crippen LogP contribution < -0.4 is 15.5 Å². The predicted octanol–water partition coefficient (Wildman–Crippen LogP) is 3.61. The van der Waals surface area contributed by atoms with Crippen molar-refractivity contribution in [1.82, 2.24) is 5.32 Å². The lowest BCUT2D eigenvalue weighted by atomic mass is 10.0. The van der Waals surface area contributed by atoms with Gasteiger partial charge in [-0.25, -0.2) is 0 Å². The van der Waals surface area contributed by atoms with Crippen LogP contribution in [-0.4, -0.2) is 31.4 Å². The average molecular weight is 365 g/mol. The molecule has 0 saturated carbocycles. The molecule has 1 aliphatic rings. The Hall–Kier alpha value is -2.82. The number of benzene rings is 2. The molecule has 0 unspecified atom stereocenters. The molecule has 0 spiro atoms. The van der Waals surface area contributed by atoms with Crippen molar-refractivity contribution in [2.45, 2.75) is 32.6 Å². The Morgan fingerprint density at radius 3 is 2.63 bits per heavy atom. The van der Waals surface area contributed by atoms with Gasteiger partial charge in [0.1, 0.15) is 0 Å². The van der Waals surface area contributed by atoms with Gasteiger partial charge in [-0.3, -0.25) is 9.59 Å². The van der Waals surface area contributed by atoms with Gasteiger partial charge in [-0.15, -0.1) is 0 Å². The molecule has 0 bridgehead atoms. The van der Waals surface area contributed by atoms with Gasteiger partial charge < -0.3 is 15.5 Å². The molecule has 3 rings (SSSR count). The molecule has 0 aliphatic carbocycles. The van der Waals surface area contributed by atoms with Crippen LogP contribution >= 0.6 is 0 Å². The minimum Gasteiger partial charge on any atom is -0.362 e. The molecular formula is C22H27N3O2. The van der Waals surface area contributed by atoms with Crippen LogP contribution in [0.5, 0.6) is 0 Å². The number of para-hydroxylation sites is 1. The predicted molar refractivity (Wildman–Crippen MR) is 109 cm³/mol. The summed E-state index contributed by atoms with van der Waals surface area (Å²) in [5.74, 6) is -0.127. The number of nitrogens with zero attached hydrogens (tertiary/aromatic N) is 1. The zero-order valence-electron chi connectivity index (χ0n) is 15.8. The molecule has 142 valence electrons. The van der Waals surface area contributed by atoms with Crippen molar-refractivity contribution in [1.29, 1.82) is 0 Å². The number of amides is 2.